The highest BCUT2D eigenvalue weighted by molar-refractivity contribution is 5.95. The Labute approximate surface area is 191 Å². The predicted molar refractivity (Wildman–Crippen MR) is 120 cm³/mol. The van der Waals surface area contributed by atoms with Crippen molar-refractivity contribution < 1.29 is 14.3 Å². The number of benzene rings is 1. The summed E-state index contributed by atoms with van der Waals surface area (Å²) < 4.78 is 5.75. The third kappa shape index (κ3) is 3.71. The van der Waals surface area contributed by atoms with Crippen molar-refractivity contribution in [2.24, 2.45) is 5.92 Å². The summed E-state index contributed by atoms with van der Waals surface area (Å²) in [6.45, 7) is 4.17. The summed E-state index contributed by atoms with van der Waals surface area (Å²) >= 11 is 0. The molecule has 1 N–H and O–H groups in total. The number of aromatic nitrogens is 2. The lowest BCUT2D eigenvalue weighted by molar-refractivity contribution is -0.133. The van der Waals surface area contributed by atoms with Crippen molar-refractivity contribution in [3.05, 3.63) is 56.8 Å². The number of rotatable bonds is 3. The molecular weight excluding hydrogens is 420 g/mol. The molecule has 0 spiro atoms. The zero-order valence-electron chi connectivity index (χ0n) is 18.8. The number of carbonyl (C=O) groups excluding carboxylic acids is 2. The molecule has 4 aliphatic rings. The first-order valence-corrected chi connectivity index (χ1v) is 12.0. The van der Waals surface area contributed by atoms with Crippen molar-refractivity contribution in [1.82, 2.24) is 19.8 Å². The number of carbonyl (C=O) groups is 2. The van der Waals surface area contributed by atoms with Crippen LogP contribution in [0.15, 0.2) is 23.0 Å². The van der Waals surface area contributed by atoms with Gasteiger partial charge in [-0.15, -0.1) is 0 Å². The number of hydrogen-bond donors (Lipinski definition) is 1. The van der Waals surface area contributed by atoms with Gasteiger partial charge in [-0.1, -0.05) is 0 Å². The van der Waals surface area contributed by atoms with Gasteiger partial charge in [-0.25, -0.2) is 4.98 Å². The predicted octanol–water partition coefficient (Wildman–Crippen LogP) is 2.02. The Morgan fingerprint density at radius 1 is 1.15 bits per heavy atom. The van der Waals surface area contributed by atoms with E-state index in [0.29, 0.717) is 55.2 Å². The Bertz CT molecular complexity index is 1200. The molecule has 1 saturated heterocycles. The van der Waals surface area contributed by atoms with Gasteiger partial charge in [-0.2, -0.15) is 0 Å². The Balaban J connectivity index is 1.18. The highest BCUT2D eigenvalue weighted by atomic mass is 16.5. The van der Waals surface area contributed by atoms with Crippen LogP contribution in [0.4, 0.5) is 0 Å². The van der Waals surface area contributed by atoms with Gasteiger partial charge in [0.1, 0.15) is 17.7 Å². The normalized spacial score (nSPS) is 23.8. The first kappa shape index (κ1) is 20.4. The molecule has 2 amide bonds. The smallest absolute Gasteiger partial charge is 0.254 e. The van der Waals surface area contributed by atoms with Crippen LogP contribution in [-0.2, 0) is 24.2 Å². The fourth-order valence-electron chi connectivity index (χ4n) is 5.33. The van der Waals surface area contributed by atoms with Crippen LogP contribution in [0, 0.1) is 5.92 Å². The van der Waals surface area contributed by atoms with E-state index in [1.165, 1.54) is 0 Å². The number of nitrogens with zero attached hydrogens (tertiary/aromatic N) is 3. The maximum Gasteiger partial charge on any atom is 0.254 e. The number of amides is 2. The van der Waals surface area contributed by atoms with Crippen LogP contribution in [0.1, 0.15) is 65.1 Å². The minimum Gasteiger partial charge on any atom is -0.490 e. The fraction of sp³-hybridized carbons (Fsp3) is 0.520. The molecule has 172 valence electrons. The van der Waals surface area contributed by atoms with E-state index in [9.17, 15) is 14.4 Å². The van der Waals surface area contributed by atoms with Crippen molar-refractivity contribution in [1.29, 1.82) is 0 Å². The third-order valence-electron chi connectivity index (χ3n) is 7.34. The second-order valence-corrected chi connectivity index (χ2v) is 9.85. The molecule has 1 aromatic heterocycles. The molecule has 1 saturated carbocycles. The molecule has 8 heteroatoms. The van der Waals surface area contributed by atoms with Crippen molar-refractivity contribution in [2.45, 2.75) is 57.6 Å². The van der Waals surface area contributed by atoms with Gasteiger partial charge in [0.2, 0.25) is 5.91 Å². The molecular formula is C25H28N4O4. The van der Waals surface area contributed by atoms with Crippen LogP contribution in [0.2, 0.25) is 0 Å². The van der Waals surface area contributed by atoms with Gasteiger partial charge < -0.3 is 19.5 Å². The summed E-state index contributed by atoms with van der Waals surface area (Å²) in [4.78, 5) is 49.8. The van der Waals surface area contributed by atoms with Crippen LogP contribution in [0.5, 0.6) is 5.75 Å². The van der Waals surface area contributed by atoms with Crippen LogP contribution < -0.4 is 10.3 Å². The summed E-state index contributed by atoms with van der Waals surface area (Å²) in [6.07, 6.45) is 4.20. The topological polar surface area (TPSA) is 95.6 Å². The zero-order chi connectivity index (χ0) is 22.7. The second-order valence-electron chi connectivity index (χ2n) is 9.85. The number of ether oxygens (including phenoxy) is 1. The van der Waals surface area contributed by atoms with E-state index in [1.54, 1.807) is 0 Å². The molecule has 4 heterocycles. The average Bonchev–Trinajstić information content (AvgIpc) is 3.41. The standard InChI is InChI=1S/C25H28N4O4/c1-14-10-18-11-16(4-5-21(18)33-14)25(32)28-8-6-17(12-28)22-26-20-13-29(24(31)15-2-3-15)9-7-19(20)23(30)27-22/h4-5,11,14-15,17H,2-3,6-10,12-13H2,1H3,(H,26,27,30)/t14-,17-/m1/s1. The van der Waals surface area contributed by atoms with Crippen LogP contribution >= 0.6 is 0 Å². The summed E-state index contributed by atoms with van der Waals surface area (Å²) in [7, 11) is 0. The van der Waals surface area contributed by atoms with E-state index in [0.717, 1.165) is 37.0 Å². The Hall–Kier alpha value is -3.16. The van der Waals surface area contributed by atoms with Crippen LogP contribution in [-0.4, -0.2) is 57.3 Å². The van der Waals surface area contributed by atoms with Gasteiger partial charge in [0, 0.05) is 49.0 Å². The Morgan fingerprint density at radius 3 is 2.82 bits per heavy atom. The molecule has 1 aliphatic carbocycles. The third-order valence-corrected chi connectivity index (χ3v) is 7.34. The van der Waals surface area contributed by atoms with Crippen molar-refractivity contribution in [2.75, 3.05) is 19.6 Å². The number of hydrogen-bond acceptors (Lipinski definition) is 5. The minimum atomic E-state index is -0.106. The lowest BCUT2D eigenvalue weighted by Crippen LogP contribution is -2.40. The van der Waals surface area contributed by atoms with Gasteiger partial charge in [-0.3, -0.25) is 14.4 Å². The van der Waals surface area contributed by atoms with E-state index < -0.39 is 0 Å². The molecule has 33 heavy (non-hydrogen) atoms. The van der Waals surface area contributed by atoms with E-state index in [4.69, 9.17) is 9.72 Å². The number of H-pyrrole nitrogens is 1. The molecule has 3 aliphatic heterocycles. The van der Waals surface area contributed by atoms with Gasteiger partial charge >= 0.3 is 0 Å². The summed E-state index contributed by atoms with van der Waals surface area (Å²) in [5.74, 6) is 1.84. The van der Waals surface area contributed by atoms with Gasteiger partial charge in [0.05, 0.1) is 12.2 Å². The summed E-state index contributed by atoms with van der Waals surface area (Å²) in [5.41, 5.74) is 3.06. The lowest BCUT2D eigenvalue weighted by atomic mass is 10.0. The molecule has 0 radical (unpaired) electrons. The highest BCUT2D eigenvalue weighted by Crippen LogP contribution is 2.33. The largest absolute Gasteiger partial charge is 0.490 e. The average molecular weight is 449 g/mol. The van der Waals surface area contributed by atoms with Gasteiger partial charge in [-0.05, 0) is 56.4 Å². The van der Waals surface area contributed by atoms with Crippen molar-refractivity contribution >= 4 is 11.8 Å². The minimum absolute atomic E-state index is 0.00126. The molecule has 2 atom stereocenters. The first-order chi connectivity index (χ1) is 16.0. The van der Waals surface area contributed by atoms with Crippen LogP contribution in [0.3, 0.4) is 0 Å². The SMILES string of the molecule is C[C@@H]1Cc2cc(C(=O)N3CC[C@@H](c4nc5c(c(=O)[nH]4)CCN(C(=O)C4CC4)C5)C3)ccc2O1. The fourth-order valence-corrected chi connectivity index (χ4v) is 5.33. The Kier molecular flexibility index (Phi) is 4.78. The van der Waals surface area contributed by atoms with Gasteiger partial charge in [0.15, 0.2) is 0 Å². The van der Waals surface area contributed by atoms with Crippen molar-refractivity contribution in [3.8, 4) is 5.75 Å². The van der Waals surface area contributed by atoms with Crippen LogP contribution in [0.25, 0.3) is 0 Å². The highest BCUT2D eigenvalue weighted by Gasteiger charge is 2.36. The molecule has 2 fully saturated rings. The van der Waals surface area contributed by atoms with Crippen molar-refractivity contribution in [3.63, 3.8) is 0 Å². The van der Waals surface area contributed by atoms with E-state index in [-0.39, 0.29) is 35.3 Å². The molecule has 2 aromatic rings. The Morgan fingerprint density at radius 2 is 2.00 bits per heavy atom. The molecule has 0 bridgehead atoms. The first-order valence-electron chi connectivity index (χ1n) is 12.0. The number of fused-ring (bicyclic) bond motifs is 2. The summed E-state index contributed by atoms with van der Waals surface area (Å²) in [6, 6.07) is 5.66. The number of likely N-dealkylation sites (tertiary alicyclic amines) is 1. The monoisotopic (exact) mass is 448 g/mol. The number of aromatic amines is 1. The maximum atomic E-state index is 13.1. The molecule has 0 unspecified atom stereocenters. The number of nitrogens with one attached hydrogen (secondary N) is 1. The molecule has 1 aromatic carbocycles. The summed E-state index contributed by atoms with van der Waals surface area (Å²) in [5, 5.41) is 0. The lowest BCUT2D eigenvalue weighted by Gasteiger charge is -2.28. The second kappa shape index (κ2) is 7.71. The van der Waals surface area contributed by atoms with Gasteiger partial charge in [0.25, 0.3) is 11.5 Å². The van der Waals surface area contributed by atoms with E-state index in [2.05, 4.69) is 4.98 Å². The van der Waals surface area contributed by atoms with E-state index in [1.807, 2.05) is 34.9 Å². The molecule has 8 nitrogen and oxygen atoms in total. The van der Waals surface area contributed by atoms with E-state index >= 15 is 0 Å². The quantitative estimate of drug-likeness (QED) is 0.775. The molecule has 6 rings (SSSR count). The maximum absolute atomic E-state index is 13.1. The zero-order valence-corrected chi connectivity index (χ0v) is 18.8.